The summed E-state index contributed by atoms with van der Waals surface area (Å²) in [5, 5.41) is 2.45. The number of likely N-dealkylation sites (tertiary alicyclic amines) is 1. The number of nitrogens with zero attached hydrogens (tertiary/aromatic N) is 2. The molecular formula is C27H35N3O10. The number of esters is 2. The van der Waals surface area contributed by atoms with Gasteiger partial charge in [0, 0.05) is 12.1 Å². The first-order chi connectivity index (χ1) is 18.7. The number of ether oxygens (including phenoxy) is 4. The van der Waals surface area contributed by atoms with Gasteiger partial charge in [-0.15, -0.1) is 0 Å². The molecule has 0 spiro atoms. The Bertz CT molecular complexity index is 1170. The molecule has 1 fully saturated rings. The molecule has 1 aromatic rings. The molecule has 3 amide bonds. The van der Waals surface area contributed by atoms with Crippen LogP contribution in [0.1, 0.15) is 41.0 Å². The van der Waals surface area contributed by atoms with E-state index in [2.05, 4.69) is 5.32 Å². The Hall–Kier alpha value is -4.42. The number of hydrogen-bond acceptors (Lipinski definition) is 10. The molecule has 2 rings (SSSR count). The fraction of sp³-hybridized carbons (Fsp3) is 0.481. The second-order valence-electron chi connectivity index (χ2n) is 9.98. The van der Waals surface area contributed by atoms with Gasteiger partial charge in [-0.2, -0.15) is 0 Å². The van der Waals surface area contributed by atoms with Crippen molar-refractivity contribution in [1.29, 1.82) is 0 Å². The maximum Gasteiger partial charge on any atom is 0.408 e. The molecule has 1 aromatic carbocycles. The molecule has 1 aliphatic rings. The molecule has 0 saturated carbocycles. The normalized spacial score (nSPS) is 15.1. The van der Waals surface area contributed by atoms with Gasteiger partial charge < -0.3 is 29.2 Å². The smallest absolute Gasteiger partial charge is 0.408 e. The largest absolute Gasteiger partial charge is 0.493 e. The Morgan fingerprint density at radius 3 is 2.20 bits per heavy atom. The number of alkyl carbamates (subject to hydrolysis) is 1. The number of nitrogens with one attached hydrogen (secondary N) is 1. The lowest BCUT2D eigenvalue weighted by Gasteiger charge is -2.44. The monoisotopic (exact) mass is 561 g/mol. The predicted octanol–water partition coefficient (Wildman–Crippen LogP) is 1.73. The van der Waals surface area contributed by atoms with Gasteiger partial charge in [-0.3, -0.25) is 19.3 Å². The Balaban J connectivity index is 2.09. The number of allylic oxidation sites excluding steroid dienone is 1. The maximum absolute atomic E-state index is 12.9. The average molecular weight is 562 g/mol. The lowest BCUT2D eigenvalue weighted by atomic mass is 10.0. The van der Waals surface area contributed by atoms with E-state index in [1.165, 1.54) is 43.4 Å². The van der Waals surface area contributed by atoms with Gasteiger partial charge in [-0.1, -0.05) is 0 Å². The van der Waals surface area contributed by atoms with Gasteiger partial charge in [0.2, 0.25) is 6.29 Å². The first-order valence-corrected chi connectivity index (χ1v) is 12.4. The number of carbonyl (C=O) groups is 6. The minimum absolute atomic E-state index is 0.00809. The van der Waals surface area contributed by atoms with Crippen LogP contribution in [0.4, 0.5) is 10.5 Å². The molecule has 1 heterocycles. The molecule has 40 heavy (non-hydrogen) atoms. The summed E-state index contributed by atoms with van der Waals surface area (Å²) >= 11 is 0. The summed E-state index contributed by atoms with van der Waals surface area (Å²) in [7, 11) is 2.39. The third kappa shape index (κ3) is 8.04. The number of amides is 3. The highest BCUT2D eigenvalue weighted by molar-refractivity contribution is 6.32. The summed E-state index contributed by atoms with van der Waals surface area (Å²) in [5.74, 6) is -2.46. The number of rotatable bonds is 11. The van der Waals surface area contributed by atoms with E-state index in [4.69, 9.17) is 18.9 Å². The number of anilines is 1. The van der Waals surface area contributed by atoms with Crippen LogP contribution in [0.2, 0.25) is 0 Å². The lowest BCUT2D eigenvalue weighted by molar-refractivity contribution is -0.149. The van der Waals surface area contributed by atoms with Crippen LogP contribution in [0.15, 0.2) is 35.5 Å². The van der Waals surface area contributed by atoms with Crippen LogP contribution < -0.4 is 15.0 Å². The number of benzene rings is 1. The number of carbonyl (C=O) groups excluding carboxylic acids is 6. The highest BCUT2D eigenvalue weighted by Gasteiger charge is 2.47. The zero-order chi connectivity index (χ0) is 30.2. The molecule has 1 aliphatic heterocycles. The molecule has 218 valence electrons. The fourth-order valence-corrected chi connectivity index (χ4v) is 3.84. The van der Waals surface area contributed by atoms with E-state index in [0.29, 0.717) is 11.3 Å². The highest BCUT2D eigenvalue weighted by Crippen LogP contribution is 2.29. The van der Waals surface area contributed by atoms with E-state index in [1.807, 2.05) is 0 Å². The average Bonchev–Trinajstić information content (AvgIpc) is 2.89. The van der Waals surface area contributed by atoms with Gasteiger partial charge in [-0.05, 0) is 64.5 Å². The molecule has 0 radical (unpaired) electrons. The van der Waals surface area contributed by atoms with E-state index < -0.39 is 47.5 Å². The van der Waals surface area contributed by atoms with Crippen molar-refractivity contribution < 1.29 is 47.7 Å². The lowest BCUT2D eigenvalue weighted by Crippen LogP contribution is -2.65. The van der Waals surface area contributed by atoms with Crippen LogP contribution >= 0.6 is 0 Å². The van der Waals surface area contributed by atoms with Crippen LogP contribution in [-0.4, -0.2) is 86.1 Å². The SMILES string of the molecule is COC(=O)C(=C(C)C)N1CC(N(C(=O)C=O)c2ccc(OCCC(NC(=O)OC(C)(C)C)C(=O)OC)cc2)C1=O. The zero-order valence-electron chi connectivity index (χ0n) is 23.6. The number of aldehydes is 1. The molecule has 2 unspecified atom stereocenters. The second-order valence-corrected chi connectivity index (χ2v) is 9.98. The fourth-order valence-electron chi connectivity index (χ4n) is 3.84. The van der Waals surface area contributed by atoms with E-state index >= 15 is 0 Å². The second kappa shape index (κ2) is 13.6. The van der Waals surface area contributed by atoms with Crippen LogP contribution in [-0.2, 0) is 38.2 Å². The van der Waals surface area contributed by atoms with Crippen LogP contribution in [0.25, 0.3) is 0 Å². The summed E-state index contributed by atoms with van der Waals surface area (Å²) in [6, 6.07) is 4.01. The van der Waals surface area contributed by atoms with Crippen molar-refractivity contribution in [3.05, 3.63) is 35.5 Å². The van der Waals surface area contributed by atoms with Crippen molar-refractivity contribution in [2.45, 2.75) is 58.7 Å². The standard InChI is InChI=1S/C27H35N3O10/c1-16(2)22(25(35)38-7)29-14-20(23(29)33)30(21(32)15-31)17-8-10-18(11-9-17)39-13-12-19(24(34)37-6)28-26(36)40-27(3,4)5/h8-11,15,19-20H,12-14H2,1-7H3,(H,28,36). The van der Waals surface area contributed by atoms with Crippen molar-refractivity contribution in [1.82, 2.24) is 10.2 Å². The van der Waals surface area contributed by atoms with Crippen LogP contribution in [0, 0.1) is 0 Å². The summed E-state index contributed by atoms with van der Waals surface area (Å²) in [6.45, 7) is 8.39. The van der Waals surface area contributed by atoms with Gasteiger partial charge in [0.1, 0.15) is 29.1 Å². The highest BCUT2D eigenvalue weighted by atomic mass is 16.6. The van der Waals surface area contributed by atoms with Gasteiger partial charge in [0.05, 0.1) is 27.4 Å². The van der Waals surface area contributed by atoms with Gasteiger partial charge in [0.15, 0.2) is 0 Å². The first-order valence-electron chi connectivity index (χ1n) is 12.4. The van der Waals surface area contributed by atoms with Crippen LogP contribution in [0.5, 0.6) is 5.75 Å². The van der Waals surface area contributed by atoms with E-state index in [1.54, 1.807) is 34.6 Å². The predicted molar refractivity (Wildman–Crippen MR) is 141 cm³/mol. The molecule has 13 nitrogen and oxygen atoms in total. The molecule has 2 atom stereocenters. The molecule has 13 heteroatoms. The van der Waals surface area contributed by atoms with E-state index in [-0.39, 0.29) is 37.2 Å². The number of methoxy groups -OCH3 is 2. The van der Waals surface area contributed by atoms with Gasteiger partial charge >= 0.3 is 18.0 Å². The molecule has 1 saturated heterocycles. The summed E-state index contributed by atoms with van der Waals surface area (Å²) < 4.78 is 20.3. The molecule has 0 aliphatic carbocycles. The topological polar surface area (TPSA) is 158 Å². The molecule has 0 bridgehead atoms. The van der Waals surface area contributed by atoms with E-state index in [9.17, 15) is 28.8 Å². The molecule has 1 N–H and O–H groups in total. The Kier molecular flexibility index (Phi) is 10.8. The molecular weight excluding hydrogens is 526 g/mol. The Morgan fingerprint density at radius 1 is 1.10 bits per heavy atom. The summed E-state index contributed by atoms with van der Waals surface area (Å²) in [4.78, 5) is 75.3. The maximum atomic E-state index is 12.9. The third-order valence-corrected chi connectivity index (χ3v) is 5.65. The Morgan fingerprint density at radius 2 is 1.73 bits per heavy atom. The van der Waals surface area contributed by atoms with Gasteiger partial charge in [-0.25, -0.2) is 14.4 Å². The third-order valence-electron chi connectivity index (χ3n) is 5.65. The minimum atomic E-state index is -1.01. The van der Waals surface area contributed by atoms with Gasteiger partial charge in [0.25, 0.3) is 11.8 Å². The number of β-lactam (4-membered cyclic amide) rings is 1. The molecule has 0 aromatic heterocycles. The first kappa shape index (κ1) is 31.8. The minimum Gasteiger partial charge on any atom is -0.493 e. The van der Waals surface area contributed by atoms with Crippen molar-refractivity contribution in [2.75, 3.05) is 32.3 Å². The van der Waals surface area contributed by atoms with Crippen LogP contribution in [0.3, 0.4) is 0 Å². The quantitative estimate of drug-likeness (QED) is 0.105. The van der Waals surface area contributed by atoms with Crippen molar-refractivity contribution in [3.8, 4) is 5.75 Å². The summed E-state index contributed by atoms with van der Waals surface area (Å²) in [6.07, 6.45) is -0.602. The van der Waals surface area contributed by atoms with Crippen molar-refractivity contribution in [3.63, 3.8) is 0 Å². The Labute approximate surface area is 232 Å². The summed E-state index contributed by atoms with van der Waals surface area (Å²) in [5.41, 5.74) is 0.152. The zero-order valence-corrected chi connectivity index (χ0v) is 23.6. The number of hydrogen-bond donors (Lipinski definition) is 1. The van der Waals surface area contributed by atoms with E-state index in [0.717, 1.165) is 4.90 Å². The van der Waals surface area contributed by atoms with Crippen molar-refractivity contribution >= 4 is 41.8 Å². The van der Waals surface area contributed by atoms with Crippen molar-refractivity contribution in [2.24, 2.45) is 0 Å².